The smallest absolute Gasteiger partial charge is 0.335 e. The third kappa shape index (κ3) is 3.63. The molecule has 0 fully saturated rings. The number of aromatic nitrogens is 2. The van der Waals surface area contributed by atoms with Gasteiger partial charge in [0.05, 0.1) is 11.4 Å². The summed E-state index contributed by atoms with van der Waals surface area (Å²) < 4.78 is 1.99. The molecule has 0 aliphatic heterocycles. The van der Waals surface area contributed by atoms with E-state index in [4.69, 9.17) is 5.73 Å². The number of aromatic hydroxyl groups is 1. The van der Waals surface area contributed by atoms with Crippen LogP contribution in [0.5, 0.6) is 5.88 Å². The molecule has 8 heteroatoms. The van der Waals surface area contributed by atoms with E-state index in [0.29, 0.717) is 17.1 Å². The number of benzene rings is 2. The second kappa shape index (κ2) is 6.93. The second-order valence-electron chi connectivity index (χ2n) is 5.16. The first kappa shape index (κ1) is 17.0. The molecular weight excluding hydrogens is 435 g/mol. The van der Waals surface area contributed by atoms with Crippen LogP contribution in [0.25, 0.3) is 5.69 Å². The fraction of sp³-hybridized carbons (Fsp3) is 0. The lowest BCUT2D eigenvalue weighted by Crippen LogP contribution is -2.31. The predicted octanol–water partition coefficient (Wildman–Crippen LogP) is 2.17. The van der Waals surface area contributed by atoms with Crippen molar-refractivity contribution in [3.8, 4) is 11.6 Å². The summed E-state index contributed by atoms with van der Waals surface area (Å²) in [5, 5.41) is 10.4. The van der Waals surface area contributed by atoms with Crippen molar-refractivity contribution in [2.24, 2.45) is 4.99 Å². The molecule has 0 bridgehead atoms. The van der Waals surface area contributed by atoms with Crippen molar-refractivity contribution in [2.75, 3.05) is 5.73 Å². The summed E-state index contributed by atoms with van der Waals surface area (Å²) in [4.78, 5) is 30.5. The van der Waals surface area contributed by atoms with Crippen molar-refractivity contribution >= 4 is 40.2 Å². The quantitative estimate of drug-likeness (QED) is 0.324. The minimum Gasteiger partial charge on any atom is -0.493 e. The SMILES string of the molecule is Nc1cccc(N=Cc2c(O)n(-c3ccc(I)cc3)c(=O)[nH]c2=O)c1. The Kier molecular flexibility index (Phi) is 4.70. The number of hydrogen-bond donors (Lipinski definition) is 3. The van der Waals surface area contributed by atoms with Crippen LogP contribution in [0.1, 0.15) is 5.56 Å². The van der Waals surface area contributed by atoms with Gasteiger partial charge in [0.1, 0.15) is 5.56 Å². The number of H-pyrrole nitrogens is 1. The lowest BCUT2D eigenvalue weighted by atomic mass is 10.2. The van der Waals surface area contributed by atoms with Gasteiger partial charge in [-0.05, 0) is 65.1 Å². The molecule has 0 aliphatic rings. The molecule has 126 valence electrons. The molecule has 1 heterocycles. The van der Waals surface area contributed by atoms with Gasteiger partial charge in [-0.25, -0.2) is 9.36 Å². The molecule has 25 heavy (non-hydrogen) atoms. The second-order valence-corrected chi connectivity index (χ2v) is 6.41. The van der Waals surface area contributed by atoms with Gasteiger partial charge in [-0.1, -0.05) is 6.07 Å². The Hall–Kier alpha value is -2.88. The van der Waals surface area contributed by atoms with Gasteiger partial charge in [-0.2, -0.15) is 0 Å². The van der Waals surface area contributed by atoms with Gasteiger partial charge < -0.3 is 10.8 Å². The highest BCUT2D eigenvalue weighted by Crippen LogP contribution is 2.19. The van der Waals surface area contributed by atoms with Crippen molar-refractivity contribution < 1.29 is 5.11 Å². The standard InChI is InChI=1S/C17H13IN4O3/c18-10-4-6-13(7-5-10)22-16(24)14(15(23)21-17(22)25)9-20-12-3-1-2-11(19)8-12/h1-9,24H,19H2,(H,21,23,25). The van der Waals surface area contributed by atoms with Crippen LogP contribution in [0, 0.1) is 3.57 Å². The first-order valence-electron chi connectivity index (χ1n) is 7.19. The van der Waals surface area contributed by atoms with Gasteiger partial charge >= 0.3 is 5.69 Å². The maximum atomic E-state index is 12.1. The summed E-state index contributed by atoms with van der Waals surface area (Å²) in [6.07, 6.45) is 1.20. The lowest BCUT2D eigenvalue weighted by molar-refractivity contribution is 0.430. The molecule has 1 aromatic heterocycles. The summed E-state index contributed by atoms with van der Waals surface area (Å²) in [5.74, 6) is -0.484. The molecular formula is C17H13IN4O3. The van der Waals surface area contributed by atoms with E-state index in [2.05, 4.69) is 32.6 Å². The van der Waals surface area contributed by atoms with Crippen LogP contribution in [0.15, 0.2) is 63.1 Å². The van der Waals surface area contributed by atoms with E-state index >= 15 is 0 Å². The molecule has 0 saturated heterocycles. The summed E-state index contributed by atoms with van der Waals surface area (Å²) in [5.41, 5.74) is 5.57. The van der Waals surface area contributed by atoms with Crippen LogP contribution in [-0.2, 0) is 0 Å². The number of nitrogens with one attached hydrogen (secondary N) is 1. The van der Waals surface area contributed by atoms with Crippen molar-refractivity contribution in [3.63, 3.8) is 0 Å². The molecule has 7 nitrogen and oxygen atoms in total. The minimum absolute atomic E-state index is 0.124. The van der Waals surface area contributed by atoms with E-state index in [9.17, 15) is 14.7 Å². The Morgan fingerprint density at radius 1 is 1.16 bits per heavy atom. The Bertz CT molecular complexity index is 1070. The number of rotatable bonds is 3. The molecule has 0 unspecified atom stereocenters. The summed E-state index contributed by atoms with van der Waals surface area (Å²) >= 11 is 2.13. The van der Waals surface area contributed by atoms with E-state index in [1.165, 1.54) is 6.21 Å². The number of halogens is 1. The monoisotopic (exact) mass is 448 g/mol. The number of nitrogen functional groups attached to an aromatic ring is 1. The number of nitrogens with zero attached hydrogens (tertiary/aromatic N) is 2. The van der Waals surface area contributed by atoms with Gasteiger partial charge in [0.25, 0.3) is 5.56 Å². The Morgan fingerprint density at radius 2 is 1.88 bits per heavy atom. The van der Waals surface area contributed by atoms with Gasteiger partial charge in [0.2, 0.25) is 5.88 Å². The third-order valence-electron chi connectivity index (χ3n) is 3.42. The van der Waals surface area contributed by atoms with Gasteiger partial charge in [0, 0.05) is 15.5 Å². The molecule has 2 aromatic carbocycles. The summed E-state index contributed by atoms with van der Waals surface area (Å²) in [6, 6.07) is 13.7. The number of anilines is 1. The van der Waals surface area contributed by atoms with Crippen LogP contribution in [-0.4, -0.2) is 20.9 Å². The third-order valence-corrected chi connectivity index (χ3v) is 4.14. The number of hydrogen-bond acceptors (Lipinski definition) is 5. The maximum absolute atomic E-state index is 12.1. The fourth-order valence-corrected chi connectivity index (χ4v) is 2.59. The zero-order chi connectivity index (χ0) is 18.0. The molecule has 0 saturated carbocycles. The van der Waals surface area contributed by atoms with E-state index in [-0.39, 0.29) is 5.56 Å². The largest absolute Gasteiger partial charge is 0.493 e. The molecule has 3 aromatic rings. The normalized spacial score (nSPS) is 11.1. The topological polar surface area (TPSA) is 113 Å². The van der Waals surface area contributed by atoms with Crippen LogP contribution in [0.2, 0.25) is 0 Å². The first-order valence-corrected chi connectivity index (χ1v) is 8.27. The van der Waals surface area contributed by atoms with Crippen LogP contribution < -0.4 is 17.0 Å². The van der Waals surface area contributed by atoms with Crippen molar-refractivity contribution in [3.05, 3.63) is 78.5 Å². The van der Waals surface area contributed by atoms with Gasteiger partial charge in [-0.3, -0.25) is 14.8 Å². The average molecular weight is 448 g/mol. The average Bonchev–Trinajstić information content (AvgIpc) is 2.56. The molecule has 3 rings (SSSR count). The highest BCUT2D eigenvalue weighted by molar-refractivity contribution is 14.1. The van der Waals surface area contributed by atoms with Crippen molar-refractivity contribution in [1.29, 1.82) is 0 Å². The zero-order valence-electron chi connectivity index (χ0n) is 12.8. The van der Waals surface area contributed by atoms with Crippen LogP contribution in [0.3, 0.4) is 0 Å². The van der Waals surface area contributed by atoms with Gasteiger partial charge in [-0.15, -0.1) is 0 Å². The first-order chi connectivity index (χ1) is 12.0. The highest BCUT2D eigenvalue weighted by Gasteiger charge is 2.14. The van der Waals surface area contributed by atoms with Crippen molar-refractivity contribution in [1.82, 2.24) is 9.55 Å². The van der Waals surface area contributed by atoms with E-state index in [0.717, 1.165) is 8.14 Å². The molecule has 0 amide bonds. The fourth-order valence-electron chi connectivity index (χ4n) is 2.23. The Labute approximate surface area is 155 Å². The predicted molar refractivity (Wildman–Crippen MR) is 105 cm³/mol. The maximum Gasteiger partial charge on any atom is 0.335 e. The molecule has 0 aliphatic carbocycles. The number of nitrogens with two attached hydrogens (primary N) is 1. The molecule has 0 spiro atoms. The number of aliphatic imine (C=N–C) groups is 1. The van der Waals surface area contributed by atoms with Crippen LogP contribution in [0.4, 0.5) is 11.4 Å². The highest BCUT2D eigenvalue weighted by atomic mass is 127. The molecule has 0 radical (unpaired) electrons. The Balaban J connectivity index is 2.12. The zero-order valence-corrected chi connectivity index (χ0v) is 15.0. The van der Waals surface area contributed by atoms with E-state index in [1.54, 1.807) is 48.5 Å². The van der Waals surface area contributed by atoms with E-state index < -0.39 is 17.1 Å². The van der Waals surface area contributed by atoms with Crippen LogP contribution >= 0.6 is 22.6 Å². The lowest BCUT2D eigenvalue weighted by Gasteiger charge is -2.09. The Morgan fingerprint density at radius 3 is 2.56 bits per heavy atom. The minimum atomic E-state index is -0.732. The summed E-state index contributed by atoms with van der Waals surface area (Å²) in [7, 11) is 0. The summed E-state index contributed by atoms with van der Waals surface area (Å²) in [6.45, 7) is 0. The molecule has 4 N–H and O–H groups in total. The van der Waals surface area contributed by atoms with Gasteiger partial charge in [0.15, 0.2) is 0 Å². The number of aromatic amines is 1. The molecule has 0 atom stereocenters. The van der Waals surface area contributed by atoms with Crippen molar-refractivity contribution in [2.45, 2.75) is 0 Å². The van der Waals surface area contributed by atoms with E-state index in [1.807, 2.05) is 0 Å².